The fraction of sp³-hybridized carbons (Fsp3) is 0.524. The molecule has 2 aromatic rings. The second-order valence-corrected chi connectivity index (χ2v) is 7.02. The predicted octanol–water partition coefficient (Wildman–Crippen LogP) is 6.60. The lowest BCUT2D eigenvalue weighted by atomic mass is 10.0. The van der Waals surface area contributed by atoms with E-state index in [1.807, 2.05) is 6.07 Å². The van der Waals surface area contributed by atoms with Crippen molar-refractivity contribution in [2.24, 2.45) is 5.92 Å². The topological polar surface area (TPSA) is 18.5 Å². The minimum Gasteiger partial charge on any atom is -0.493 e. The van der Waals surface area contributed by atoms with Gasteiger partial charge in [-0.15, -0.1) is 0 Å². The maximum atomic E-state index is 6.19. The summed E-state index contributed by atoms with van der Waals surface area (Å²) in [6.45, 7) is 6.02. The predicted molar refractivity (Wildman–Crippen MR) is 107 cm³/mol. The first-order valence-corrected chi connectivity index (χ1v) is 10.3. The van der Waals surface area contributed by atoms with Crippen LogP contribution in [0.15, 0.2) is 36.4 Å². The van der Waals surface area contributed by atoms with Crippen LogP contribution in [0.25, 0.3) is 10.8 Å². The van der Waals surface area contributed by atoms with Gasteiger partial charge in [0.1, 0.15) is 11.5 Å². The van der Waals surface area contributed by atoms with E-state index in [1.165, 1.54) is 25.7 Å². The molecule has 0 spiro atoms. The quantitative estimate of drug-likeness (QED) is 0.316. The molecule has 0 aromatic heterocycles. The van der Waals surface area contributed by atoms with Crippen molar-refractivity contribution in [3.63, 3.8) is 0 Å². The zero-order chi connectivity index (χ0) is 17.2. The number of rotatable bonds is 11. The Morgan fingerprint density at radius 3 is 2.17 bits per heavy atom. The Balaban J connectivity index is 2.12. The number of halogens is 1. The van der Waals surface area contributed by atoms with E-state index in [0.717, 1.165) is 47.2 Å². The number of alkyl halides is 1. The third-order valence-electron chi connectivity index (χ3n) is 4.40. The second-order valence-electron chi connectivity index (χ2n) is 6.23. The van der Waals surface area contributed by atoms with Gasteiger partial charge in [0.15, 0.2) is 0 Å². The molecule has 24 heavy (non-hydrogen) atoms. The summed E-state index contributed by atoms with van der Waals surface area (Å²) in [5, 5.41) is 3.23. The molecular formula is C21H29BrO2. The molecule has 0 amide bonds. The smallest absolute Gasteiger partial charge is 0.127 e. The van der Waals surface area contributed by atoms with E-state index in [-0.39, 0.29) is 0 Å². The molecule has 2 aromatic carbocycles. The van der Waals surface area contributed by atoms with Crippen LogP contribution < -0.4 is 9.47 Å². The van der Waals surface area contributed by atoms with Crippen LogP contribution in [0.1, 0.15) is 46.0 Å². The number of ether oxygens (including phenoxy) is 2. The third kappa shape index (κ3) is 5.41. The van der Waals surface area contributed by atoms with E-state index in [1.54, 1.807) is 0 Å². The summed E-state index contributed by atoms with van der Waals surface area (Å²) in [6, 6.07) is 12.4. The summed E-state index contributed by atoms with van der Waals surface area (Å²) in [5.41, 5.74) is 0. The standard InChI is InChI=1S/C21H29BrO2/c1-3-5-9-17(4-2)16-24-21-13-12-20(23-15-8-14-22)18-10-6-7-11-19(18)21/h6-7,10-13,17H,3-5,8-9,14-16H2,1-2H3. The number of unbranched alkanes of at least 4 members (excludes halogenated alkanes) is 1. The van der Waals surface area contributed by atoms with Gasteiger partial charge in [-0.25, -0.2) is 0 Å². The Kier molecular flexibility index (Phi) is 8.44. The zero-order valence-corrected chi connectivity index (χ0v) is 16.5. The van der Waals surface area contributed by atoms with Gasteiger partial charge < -0.3 is 9.47 Å². The second kappa shape index (κ2) is 10.6. The molecule has 0 N–H and O–H groups in total. The fourth-order valence-corrected chi connectivity index (χ4v) is 3.07. The van der Waals surface area contributed by atoms with Gasteiger partial charge in [0.05, 0.1) is 13.2 Å². The molecule has 0 saturated heterocycles. The van der Waals surface area contributed by atoms with E-state index in [0.29, 0.717) is 5.92 Å². The molecular weight excluding hydrogens is 364 g/mol. The van der Waals surface area contributed by atoms with Crippen molar-refractivity contribution in [2.45, 2.75) is 46.0 Å². The van der Waals surface area contributed by atoms with Crippen LogP contribution in [0.4, 0.5) is 0 Å². The normalized spacial score (nSPS) is 12.3. The summed E-state index contributed by atoms with van der Waals surface area (Å²) in [4.78, 5) is 0. The van der Waals surface area contributed by atoms with Gasteiger partial charge in [-0.1, -0.05) is 73.3 Å². The van der Waals surface area contributed by atoms with Crippen LogP contribution in [0, 0.1) is 5.92 Å². The molecule has 0 aliphatic heterocycles. The van der Waals surface area contributed by atoms with Gasteiger partial charge in [0.2, 0.25) is 0 Å². The maximum Gasteiger partial charge on any atom is 0.127 e. The molecule has 0 fully saturated rings. The van der Waals surface area contributed by atoms with Crippen LogP contribution >= 0.6 is 15.9 Å². The number of hydrogen-bond acceptors (Lipinski definition) is 2. The number of benzene rings is 2. The summed E-state index contributed by atoms with van der Waals surface area (Å²) in [7, 11) is 0. The zero-order valence-electron chi connectivity index (χ0n) is 14.9. The molecule has 0 saturated carbocycles. The number of hydrogen-bond donors (Lipinski definition) is 0. The lowest BCUT2D eigenvalue weighted by molar-refractivity contribution is 0.235. The van der Waals surface area contributed by atoms with Crippen molar-refractivity contribution in [3.8, 4) is 11.5 Å². The average molecular weight is 393 g/mol. The minimum atomic E-state index is 0.638. The molecule has 0 heterocycles. The van der Waals surface area contributed by atoms with Crippen LogP contribution in [-0.4, -0.2) is 18.5 Å². The van der Waals surface area contributed by atoms with Gasteiger partial charge in [-0.2, -0.15) is 0 Å². The molecule has 0 aliphatic rings. The van der Waals surface area contributed by atoms with Crippen molar-refractivity contribution < 1.29 is 9.47 Å². The lowest BCUT2D eigenvalue weighted by Gasteiger charge is -2.18. The summed E-state index contributed by atoms with van der Waals surface area (Å²) >= 11 is 3.44. The Hall–Kier alpha value is -1.22. The molecule has 132 valence electrons. The number of fused-ring (bicyclic) bond motifs is 1. The van der Waals surface area contributed by atoms with E-state index in [2.05, 4.69) is 60.1 Å². The molecule has 0 radical (unpaired) electrons. The monoisotopic (exact) mass is 392 g/mol. The molecule has 0 aliphatic carbocycles. The summed E-state index contributed by atoms with van der Waals surface area (Å²) in [5.74, 6) is 2.55. The molecule has 2 nitrogen and oxygen atoms in total. The van der Waals surface area contributed by atoms with Crippen LogP contribution in [0.3, 0.4) is 0 Å². The first-order valence-electron chi connectivity index (χ1n) is 9.13. The van der Waals surface area contributed by atoms with Crippen LogP contribution in [0.5, 0.6) is 11.5 Å². The van der Waals surface area contributed by atoms with E-state index in [9.17, 15) is 0 Å². The fourth-order valence-electron chi connectivity index (χ4n) is 2.84. The van der Waals surface area contributed by atoms with E-state index in [4.69, 9.17) is 9.47 Å². The first kappa shape index (κ1) is 19.1. The third-order valence-corrected chi connectivity index (χ3v) is 4.96. The summed E-state index contributed by atoms with van der Waals surface area (Å²) in [6.07, 6.45) is 5.95. The first-order chi connectivity index (χ1) is 11.8. The van der Waals surface area contributed by atoms with E-state index < -0.39 is 0 Å². The minimum absolute atomic E-state index is 0.638. The lowest BCUT2D eigenvalue weighted by Crippen LogP contribution is -2.11. The highest BCUT2D eigenvalue weighted by atomic mass is 79.9. The van der Waals surface area contributed by atoms with Gasteiger partial charge in [-0.05, 0) is 30.9 Å². The highest BCUT2D eigenvalue weighted by molar-refractivity contribution is 9.09. The Labute approximate surface area is 154 Å². The van der Waals surface area contributed by atoms with Gasteiger partial charge in [0.25, 0.3) is 0 Å². The molecule has 0 bridgehead atoms. The maximum absolute atomic E-state index is 6.19. The SMILES string of the molecule is CCCCC(CC)COc1ccc(OCCCBr)c2ccccc12. The van der Waals surface area contributed by atoms with E-state index >= 15 is 0 Å². The highest BCUT2D eigenvalue weighted by Gasteiger charge is 2.11. The average Bonchev–Trinajstić information content (AvgIpc) is 2.63. The molecule has 3 heteroatoms. The van der Waals surface area contributed by atoms with Gasteiger partial charge in [0, 0.05) is 16.1 Å². The highest BCUT2D eigenvalue weighted by Crippen LogP contribution is 2.33. The largest absolute Gasteiger partial charge is 0.493 e. The Morgan fingerprint density at radius 1 is 0.917 bits per heavy atom. The Bertz CT molecular complexity index is 612. The summed E-state index contributed by atoms with van der Waals surface area (Å²) < 4.78 is 12.1. The van der Waals surface area contributed by atoms with Crippen molar-refractivity contribution >= 4 is 26.7 Å². The molecule has 1 unspecified atom stereocenters. The Morgan fingerprint density at radius 2 is 1.58 bits per heavy atom. The van der Waals surface area contributed by atoms with Crippen LogP contribution in [-0.2, 0) is 0 Å². The van der Waals surface area contributed by atoms with Crippen molar-refractivity contribution in [1.29, 1.82) is 0 Å². The van der Waals surface area contributed by atoms with Crippen molar-refractivity contribution in [2.75, 3.05) is 18.5 Å². The van der Waals surface area contributed by atoms with Crippen LogP contribution in [0.2, 0.25) is 0 Å². The van der Waals surface area contributed by atoms with Gasteiger partial charge >= 0.3 is 0 Å². The van der Waals surface area contributed by atoms with Crippen molar-refractivity contribution in [1.82, 2.24) is 0 Å². The van der Waals surface area contributed by atoms with Gasteiger partial charge in [-0.3, -0.25) is 0 Å². The molecule has 2 rings (SSSR count). The molecule has 1 atom stereocenters. The van der Waals surface area contributed by atoms with Crippen molar-refractivity contribution in [3.05, 3.63) is 36.4 Å².